The second-order valence-corrected chi connectivity index (χ2v) is 6.20. The molecular weight excluding hydrogens is 294 g/mol. The maximum Gasteiger partial charge on any atom is 0.257 e. The van der Waals surface area contributed by atoms with E-state index in [2.05, 4.69) is 39.0 Å². The molecule has 3 heterocycles. The second kappa shape index (κ2) is 5.43. The molecule has 1 N–H and O–H groups in total. The number of H-pyrrole nitrogens is 1. The molecule has 0 bridgehead atoms. The molecule has 0 saturated carbocycles. The Labute approximate surface area is 133 Å². The van der Waals surface area contributed by atoms with Crippen LogP contribution >= 0.6 is 0 Å². The molecule has 1 aliphatic heterocycles. The molecule has 0 aliphatic carbocycles. The summed E-state index contributed by atoms with van der Waals surface area (Å²) >= 11 is 0. The lowest BCUT2D eigenvalue weighted by Gasteiger charge is -2.32. The van der Waals surface area contributed by atoms with Crippen LogP contribution in [0.1, 0.15) is 24.5 Å². The zero-order chi connectivity index (χ0) is 16.0. The fourth-order valence-electron chi connectivity index (χ4n) is 3.14. The van der Waals surface area contributed by atoms with Crippen LogP contribution in [0.25, 0.3) is 22.4 Å². The number of rotatable bonds is 2. The number of benzene rings is 1. The van der Waals surface area contributed by atoms with Gasteiger partial charge in [-0.05, 0) is 38.6 Å². The molecule has 0 radical (unpaired) electrons. The van der Waals surface area contributed by atoms with Crippen LogP contribution in [0.15, 0.2) is 23.0 Å². The van der Waals surface area contributed by atoms with Crippen molar-refractivity contribution < 1.29 is 9.26 Å². The van der Waals surface area contributed by atoms with E-state index in [0.29, 0.717) is 11.7 Å². The smallest absolute Gasteiger partial charge is 0.257 e. The number of fused-ring (bicyclic) bond motifs is 1. The Morgan fingerprint density at radius 1 is 1.30 bits per heavy atom. The van der Waals surface area contributed by atoms with Crippen molar-refractivity contribution in [3.05, 3.63) is 29.9 Å². The summed E-state index contributed by atoms with van der Waals surface area (Å²) in [5.41, 5.74) is 3.91. The second-order valence-electron chi connectivity index (χ2n) is 6.20. The number of aromatic amines is 1. The van der Waals surface area contributed by atoms with Gasteiger partial charge in [0.05, 0.1) is 23.5 Å². The summed E-state index contributed by atoms with van der Waals surface area (Å²) in [5, 5.41) is 4.13. The average Bonchev–Trinajstić information content (AvgIpc) is 3.15. The summed E-state index contributed by atoms with van der Waals surface area (Å²) in [6, 6.07) is 4.01. The molecule has 3 aromatic rings. The number of likely N-dealkylation sites (N-methyl/N-ethyl adjacent to an activating group) is 1. The van der Waals surface area contributed by atoms with Gasteiger partial charge in [-0.3, -0.25) is 0 Å². The highest BCUT2D eigenvalue weighted by atomic mass is 16.5. The highest BCUT2D eigenvalue weighted by Crippen LogP contribution is 2.27. The summed E-state index contributed by atoms with van der Waals surface area (Å²) in [6.45, 7) is 5.74. The minimum atomic E-state index is -0.179. The first-order valence-corrected chi connectivity index (χ1v) is 7.72. The number of nitrogens with one attached hydrogen (secondary N) is 1. The minimum Gasteiger partial charge on any atom is -0.363 e. The number of hydrogen-bond acceptors (Lipinski definition) is 6. The van der Waals surface area contributed by atoms with Crippen molar-refractivity contribution in [1.29, 1.82) is 0 Å². The molecule has 2 aromatic heterocycles. The van der Waals surface area contributed by atoms with Crippen LogP contribution < -0.4 is 0 Å². The Morgan fingerprint density at radius 3 is 3.00 bits per heavy atom. The first-order chi connectivity index (χ1) is 11.1. The van der Waals surface area contributed by atoms with Gasteiger partial charge in [-0.15, -0.1) is 0 Å². The minimum absolute atomic E-state index is 0.151. The molecule has 7 nitrogen and oxygen atoms in total. The van der Waals surface area contributed by atoms with Gasteiger partial charge in [0, 0.05) is 18.7 Å². The van der Waals surface area contributed by atoms with E-state index >= 15 is 0 Å². The fraction of sp³-hybridized carbons (Fsp3) is 0.438. The van der Waals surface area contributed by atoms with Crippen LogP contribution in [0.3, 0.4) is 0 Å². The highest BCUT2D eigenvalue weighted by molar-refractivity contribution is 5.83. The van der Waals surface area contributed by atoms with Crippen molar-refractivity contribution in [2.75, 3.05) is 20.1 Å². The van der Waals surface area contributed by atoms with Crippen LogP contribution in [-0.4, -0.2) is 51.2 Å². The third-order valence-electron chi connectivity index (χ3n) is 4.13. The van der Waals surface area contributed by atoms with Crippen molar-refractivity contribution in [2.24, 2.45) is 0 Å². The van der Waals surface area contributed by atoms with Gasteiger partial charge in [-0.2, -0.15) is 4.98 Å². The Morgan fingerprint density at radius 2 is 2.17 bits per heavy atom. The summed E-state index contributed by atoms with van der Waals surface area (Å²) in [7, 11) is 2.07. The Bertz CT molecular complexity index is 830. The van der Waals surface area contributed by atoms with Crippen molar-refractivity contribution in [1.82, 2.24) is 25.0 Å². The number of nitrogens with zero attached hydrogens (tertiary/aromatic N) is 4. The molecule has 1 fully saturated rings. The van der Waals surface area contributed by atoms with Crippen molar-refractivity contribution in [3.8, 4) is 11.4 Å². The molecule has 0 unspecified atom stereocenters. The number of ether oxygens (including phenoxy) is 1. The lowest BCUT2D eigenvalue weighted by molar-refractivity contribution is -0.0838. The summed E-state index contributed by atoms with van der Waals surface area (Å²) < 4.78 is 11.4. The van der Waals surface area contributed by atoms with Crippen molar-refractivity contribution in [2.45, 2.75) is 26.1 Å². The topological polar surface area (TPSA) is 80.1 Å². The molecule has 4 rings (SSSR count). The Hall–Kier alpha value is -2.25. The monoisotopic (exact) mass is 313 g/mol. The fourth-order valence-corrected chi connectivity index (χ4v) is 3.14. The molecule has 2 atom stereocenters. The molecule has 23 heavy (non-hydrogen) atoms. The maximum absolute atomic E-state index is 5.92. The first kappa shape index (κ1) is 14.3. The number of imidazole rings is 1. The van der Waals surface area contributed by atoms with E-state index in [-0.39, 0.29) is 12.2 Å². The molecule has 1 saturated heterocycles. The van der Waals surface area contributed by atoms with Gasteiger partial charge in [0.15, 0.2) is 0 Å². The molecule has 0 amide bonds. The molecule has 0 spiro atoms. The van der Waals surface area contributed by atoms with E-state index in [9.17, 15) is 0 Å². The number of hydrogen-bond donors (Lipinski definition) is 1. The van der Waals surface area contributed by atoms with Gasteiger partial charge < -0.3 is 19.1 Å². The van der Waals surface area contributed by atoms with E-state index in [4.69, 9.17) is 9.26 Å². The zero-order valence-electron chi connectivity index (χ0n) is 13.4. The van der Waals surface area contributed by atoms with Gasteiger partial charge in [0.1, 0.15) is 6.10 Å². The van der Waals surface area contributed by atoms with E-state index in [0.717, 1.165) is 35.2 Å². The number of aromatic nitrogens is 4. The van der Waals surface area contributed by atoms with Gasteiger partial charge in [-0.1, -0.05) is 5.16 Å². The third kappa shape index (κ3) is 2.62. The lowest BCUT2D eigenvalue weighted by atomic mass is 10.1. The van der Waals surface area contributed by atoms with Crippen molar-refractivity contribution in [3.63, 3.8) is 0 Å². The Kier molecular flexibility index (Phi) is 3.39. The van der Waals surface area contributed by atoms with Crippen LogP contribution in [0, 0.1) is 6.92 Å². The largest absolute Gasteiger partial charge is 0.363 e. The highest BCUT2D eigenvalue weighted by Gasteiger charge is 2.29. The number of morpholine rings is 1. The van der Waals surface area contributed by atoms with Crippen LogP contribution in [0.5, 0.6) is 0 Å². The molecule has 7 heteroatoms. The predicted octanol–water partition coefficient (Wildman–Crippen LogP) is 2.31. The van der Waals surface area contributed by atoms with E-state index in [1.807, 2.05) is 19.1 Å². The molecule has 1 aromatic carbocycles. The zero-order valence-corrected chi connectivity index (χ0v) is 13.4. The normalized spacial score (nSPS) is 22.7. The summed E-state index contributed by atoms with van der Waals surface area (Å²) in [4.78, 5) is 14.2. The average molecular weight is 313 g/mol. The first-order valence-electron chi connectivity index (χ1n) is 7.72. The Balaban J connectivity index is 1.66. The van der Waals surface area contributed by atoms with Crippen LogP contribution in [0.4, 0.5) is 0 Å². The summed E-state index contributed by atoms with van der Waals surface area (Å²) in [6.07, 6.45) is 1.66. The molecule has 120 valence electrons. The van der Waals surface area contributed by atoms with Gasteiger partial charge >= 0.3 is 0 Å². The van der Waals surface area contributed by atoms with Crippen LogP contribution in [0.2, 0.25) is 0 Å². The van der Waals surface area contributed by atoms with Crippen molar-refractivity contribution >= 4 is 11.0 Å². The lowest BCUT2D eigenvalue weighted by Crippen LogP contribution is -2.40. The predicted molar refractivity (Wildman–Crippen MR) is 84.9 cm³/mol. The maximum atomic E-state index is 5.92. The van der Waals surface area contributed by atoms with E-state index in [1.165, 1.54) is 0 Å². The van der Waals surface area contributed by atoms with Gasteiger partial charge in [-0.25, -0.2) is 4.98 Å². The SMILES string of the molecule is Cc1cc(-c2noc([C@H]3CN(C)C[C@@H](C)O3)n2)cc2[nH]cnc12. The van der Waals surface area contributed by atoms with E-state index in [1.54, 1.807) is 6.33 Å². The third-order valence-corrected chi connectivity index (χ3v) is 4.13. The molecular formula is C16H19N5O2. The van der Waals surface area contributed by atoms with Crippen LogP contribution in [-0.2, 0) is 4.74 Å². The molecule has 1 aliphatic rings. The van der Waals surface area contributed by atoms with Gasteiger partial charge in [0.25, 0.3) is 5.89 Å². The standard InChI is InChI=1S/C16H19N5O2/c1-9-4-11(5-12-14(9)18-8-17-12)15-19-16(23-20-15)13-7-21(3)6-10(2)22-13/h4-5,8,10,13H,6-7H2,1-3H3,(H,17,18)/t10-,13-/m1/s1. The van der Waals surface area contributed by atoms with E-state index < -0.39 is 0 Å². The quantitative estimate of drug-likeness (QED) is 0.782. The summed E-state index contributed by atoms with van der Waals surface area (Å²) in [5.74, 6) is 1.10. The number of aryl methyl sites for hydroxylation is 1. The van der Waals surface area contributed by atoms with Gasteiger partial charge in [0.2, 0.25) is 5.82 Å².